The molecular weight excluding hydrogens is 326 g/mol. The molecule has 0 fully saturated rings. The second kappa shape index (κ2) is 9.27. The van der Waals surface area contributed by atoms with E-state index in [1.54, 1.807) is 6.07 Å². The molecule has 0 spiro atoms. The molecule has 1 amide bonds. The first kappa shape index (κ1) is 19.8. The summed E-state index contributed by atoms with van der Waals surface area (Å²) in [4.78, 5) is 12.4. The van der Waals surface area contributed by atoms with Crippen molar-refractivity contribution < 1.29 is 14.3 Å². The Morgan fingerprint density at radius 2 is 1.81 bits per heavy atom. The van der Waals surface area contributed by atoms with Crippen LogP contribution in [0.4, 0.5) is 0 Å². The van der Waals surface area contributed by atoms with E-state index in [1.807, 2.05) is 51.1 Å². The van der Waals surface area contributed by atoms with E-state index >= 15 is 0 Å². The van der Waals surface area contributed by atoms with Gasteiger partial charge in [0, 0.05) is 17.2 Å². The van der Waals surface area contributed by atoms with E-state index in [4.69, 9.17) is 9.47 Å². The molecule has 4 heteroatoms. The summed E-state index contributed by atoms with van der Waals surface area (Å²) in [6, 6.07) is 11.7. The van der Waals surface area contributed by atoms with Gasteiger partial charge in [0.2, 0.25) is 0 Å². The van der Waals surface area contributed by atoms with E-state index in [2.05, 4.69) is 19.2 Å². The quantitative estimate of drug-likeness (QED) is 0.739. The number of carbonyl (C=O) groups excluding carboxylic acids is 1. The van der Waals surface area contributed by atoms with Crippen LogP contribution in [0.25, 0.3) is 0 Å². The molecule has 0 radical (unpaired) electrons. The Hall–Kier alpha value is -2.49. The summed E-state index contributed by atoms with van der Waals surface area (Å²) in [5, 5.41) is 2.99. The Morgan fingerprint density at radius 3 is 2.46 bits per heavy atom. The fourth-order valence-electron chi connectivity index (χ4n) is 2.50. The molecule has 4 nitrogen and oxygen atoms in total. The van der Waals surface area contributed by atoms with Gasteiger partial charge in [0.15, 0.2) is 0 Å². The monoisotopic (exact) mass is 355 g/mol. The van der Waals surface area contributed by atoms with Crippen LogP contribution in [0.5, 0.6) is 11.5 Å². The number of ether oxygens (including phenoxy) is 2. The van der Waals surface area contributed by atoms with Gasteiger partial charge in [-0.1, -0.05) is 13.0 Å². The standard InChI is InChI=1S/C22H29NO3/c1-6-17(5)23-22(24)18-9-11-21(25-7-2)19(13-18)14-26-20-10-8-15(3)16(4)12-20/h8-13,17H,6-7,14H2,1-5H3,(H,23,24). The van der Waals surface area contributed by atoms with Gasteiger partial charge in [-0.3, -0.25) is 4.79 Å². The molecule has 0 heterocycles. The summed E-state index contributed by atoms with van der Waals surface area (Å²) >= 11 is 0. The molecule has 2 rings (SSSR count). The average molecular weight is 355 g/mol. The second-order valence-electron chi connectivity index (χ2n) is 6.57. The summed E-state index contributed by atoms with van der Waals surface area (Å²) in [7, 11) is 0. The van der Waals surface area contributed by atoms with E-state index in [9.17, 15) is 4.79 Å². The lowest BCUT2D eigenvalue weighted by molar-refractivity contribution is 0.0939. The van der Waals surface area contributed by atoms with Gasteiger partial charge in [-0.05, 0) is 75.6 Å². The van der Waals surface area contributed by atoms with Crippen molar-refractivity contribution in [1.82, 2.24) is 5.32 Å². The Bertz CT molecular complexity index is 755. The van der Waals surface area contributed by atoms with Gasteiger partial charge in [-0.25, -0.2) is 0 Å². The lowest BCUT2D eigenvalue weighted by atomic mass is 10.1. The van der Waals surface area contributed by atoms with Crippen LogP contribution in [-0.4, -0.2) is 18.6 Å². The maximum atomic E-state index is 12.4. The summed E-state index contributed by atoms with van der Waals surface area (Å²) in [6.45, 7) is 11.0. The van der Waals surface area contributed by atoms with Crippen LogP contribution in [0.3, 0.4) is 0 Å². The van der Waals surface area contributed by atoms with E-state index < -0.39 is 0 Å². The van der Waals surface area contributed by atoms with Crippen LogP contribution < -0.4 is 14.8 Å². The molecule has 0 aromatic heterocycles. The Balaban J connectivity index is 2.19. The first-order valence-electron chi connectivity index (χ1n) is 9.21. The maximum Gasteiger partial charge on any atom is 0.251 e. The van der Waals surface area contributed by atoms with Crippen molar-refractivity contribution in [3.63, 3.8) is 0 Å². The van der Waals surface area contributed by atoms with E-state index in [0.717, 1.165) is 23.5 Å². The number of aryl methyl sites for hydroxylation is 2. The molecule has 0 aliphatic heterocycles. The van der Waals surface area contributed by atoms with E-state index in [0.29, 0.717) is 18.8 Å². The average Bonchev–Trinajstić information content (AvgIpc) is 2.63. The van der Waals surface area contributed by atoms with Crippen molar-refractivity contribution in [1.29, 1.82) is 0 Å². The van der Waals surface area contributed by atoms with E-state index in [1.165, 1.54) is 11.1 Å². The Kier molecular flexibility index (Phi) is 7.07. The van der Waals surface area contributed by atoms with Gasteiger partial charge in [-0.2, -0.15) is 0 Å². The molecule has 1 atom stereocenters. The number of hydrogen-bond donors (Lipinski definition) is 1. The smallest absolute Gasteiger partial charge is 0.251 e. The predicted octanol–water partition coefficient (Wildman–Crippen LogP) is 4.81. The molecule has 0 saturated heterocycles. The Labute approximate surface area is 156 Å². The van der Waals surface area contributed by atoms with Crippen molar-refractivity contribution in [3.05, 3.63) is 58.7 Å². The highest BCUT2D eigenvalue weighted by molar-refractivity contribution is 5.94. The number of benzene rings is 2. The molecule has 1 unspecified atom stereocenters. The molecule has 0 bridgehead atoms. The van der Waals surface area contributed by atoms with Gasteiger partial charge >= 0.3 is 0 Å². The normalized spacial score (nSPS) is 11.7. The van der Waals surface area contributed by atoms with Crippen LogP contribution in [0.15, 0.2) is 36.4 Å². The zero-order valence-electron chi connectivity index (χ0n) is 16.4. The molecule has 2 aromatic rings. The van der Waals surface area contributed by atoms with Crippen LogP contribution >= 0.6 is 0 Å². The SMILES string of the molecule is CCOc1ccc(C(=O)NC(C)CC)cc1COc1ccc(C)c(C)c1. The number of amides is 1. The molecule has 0 aliphatic rings. The minimum atomic E-state index is -0.0742. The van der Waals surface area contributed by atoms with Crippen molar-refractivity contribution in [3.8, 4) is 11.5 Å². The predicted molar refractivity (Wildman–Crippen MR) is 105 cm³/mol. The third-order valence-electron chi connectivity index (χ3n) is 4.49. The van der Waals surface area contributed by atoms with Gasteiger partial charge < -0.3 is 14.8 Å². The maximum absolute atomic E-state index is 12.4. The van der Waals surface area contributed by atoms with Crippen LogP contribution in [-0.2, 0) is 6.61 Å². The molecule has 2 aromatic carbocycles. The topological polar surface area (TPSA) is 47.6 Å². The molecule has 1 N–H and O–H groups in total. The lowest BCUT2D eigenvalue weighted by Crippen LogP contribution is -2.32. The first-order chi connectivity index (χ1) is 12.4. The largest absolute Gasteiger partial charge is 0.493 e. The number of hydrogen-bond acceptors (Lipinski definition) is 3. The minimum Gasteiger partial charge on any atom is -0.493 e. The first-order valence-corrected chi connectivity index (χ1v) is 9.21. The highest BCUT2D eigenvalue weighted by Crippen LogP contribution is 2.24. The third-order valence-corrected chi connectivity index (χ3v) is 4.49. The van der Waals surface area contributed by atoms with Gasteiger partial charge in [0.05, 0.1) is 6.61 Å². The van der Waals surface area contributed by atoms with Crippen LogP contribution in [0, 0.1) is 13.8 Å². The molecule has 0 saturated carbocycles. The summed E-state index contributed by atoms with van der Waals surface area (Å²) in [5.74, 6) is 1.48. The number of nitrogens with one attached hydrogen (secondary N) is 1. The van der Waals surface area contributed by atoms with Crippen LogP contribution in [0.2, 0.25) is 0 Å². The van der Waals surface area contributed by atoms with Gasteiger partial charge in [0.1, 0.15) is 18.1 Å². The number of rotatable bonds is 8. The summed E-state index contributed by atoms with van der Waals surface area (Å²) in [6.07, 6.45) is 0.894. The van der Waals surface area contributed by atoms with Crippen molar-refractivity contribution in [2.75, 3.05) is 6.61 Å². The second-order valence-corrected chi connectivity index (χ2v) is 6.57. The summed E-state index contributed by atoms with van der Waals surface area (Å²) < 4.78 is 11.6. The van der Waals surface area contributed by atoms with Crippen LogP contribution in [0.1, 0.15) is 54.2 Å². The Morgan fingerprint density at radius 1 is 1.04 bits per heavy atom. The zero-order valence-corrected chi connectivity index (χ0v) is 16.4. The molecular formula is C22H29NO3. The van der Waals surface area contributed by atoms with Gasteiger partial charge in [0.25, 0.3) is 5.91 Å². The fourth-order valence-corrected chi connectivity index (χ4v) is 2.50. The zero-order chi connectivity index (χ0) is 19.1. The molecule has 0 aliphatic carbocycles. The van der Waals surface area contributed by atoms with Crippen molar-refractivity contribution >= 4 is 5.91 Å². The lowest BCUT2D eigenvalue weighted by Gasteiger charge is -2.15. The highest BCUT2D eigenvalue weighted by atomic mass is 16.5. The minimum absolute atomic E-state index is 0.0742. The number of carbonyl (C=O) groups is 1. The highest BCUT2D eigenvalue weighted by Gasteiger charge is 2.13. The molecule has 26 heavy (non-hydrogen) atoms. The fraction of sp³-hybridized carbons (Fsp3) is 0.409. The third kappa shape index (κ3) is 5.25. The molecule has 140 valence electrons. The van der Waals surface area contributed by atoms with Gasteiger partial charge in [-0.15, -0.1) is 0 Å². The van der Waals surface area contributed by atoms with Crippen molar-refractivity contribution in [2.24, 2.45) is 0 Å². The van der Waals surface area contributed by atoms with Crippen molar-refractivity contribution in [2.45, 2.75) is 53.7 Å². The van der Waals surface area contributed by atoms with E-state index in [-0.39, 0.29) is 11.9 Å². The summed E-state index contributed by atoms with van der Waals surface area (Å²) in [5.41, 5.74) is 3.90.